The molecule has 3 rings (SSSR count). The molecule has 1 aromatic heterocycles. The van der Waals surface area contributed by atoms with Gasteiger partial charge < -0.3 is 5.73 Å². The maximum Gasteiger partial charge on any atom is 0.295 e. The van der Waals surface area contributed by atoms with Gasteiger partial charge >= 0.3 is 0 Å². The minimum absolute atomic E-state index is 0.174. The van der Waals surface area contributed by atoms with Crippen LogP contribution in [-0.2, 0) is 10.1 Å². The number of carbonyl (C=O) groups is 1. The van der Waals surface area contributed by atoms with Gasteiger partial charge in [0.25, 0.3) is 16.0 Å². The lowest BCUT2D eigenvalue weighted by Crippen LogP contribution is -2.16. The van der Waals surface area contributed by atoms with Gasteiger partial charge in [-0.2, -0.15) is 8.42 Å². The van der Waals surface area contributed by atoms with Crippen LogP contribution >= 0.6 is 11.3 Å². The van der Waals surface area contributed by atoms with Crippen molar-refractivity contribution in [2.45, 2.75) is 4.90 Å². The van der Waals surface area contributed by atoms with Crippen LogP contribution < -0.4 is 11.1 Å². The van der Waals surface area contributed by atoms with Gasteiger partial charge in [-0.3, -0.25) is 14.7 Å². The molecule has 128 valence electrons. The molecular formula is C15H12N4O4S2. The summed E-state index contributed by atoms with van der Waals surface area (Å²) >= 11 is 1.09. The summed E-state index contributed by atoms with van der Waals surface area (Å²) in [6, 6.07) is 12.4. The number of hydrogen-bond acceptors (Lipinski definition) is 7. The first-order valence-corrected chi connectivity index (χ1v) is 9.18. The van der Waals surface area contributed by atoms with Crippen LogP contribution in [-0.4, -0.2) is 29.1 Å². The number of nitrogens with zero attached hydrogens (tertiary/aromatic N) is 2. The Bertz CT molecular complexity index is 1050. The van der Waals surface area contributed by atoms with E-state index in [-0.39, 0.29) is 10.7 Å². The molecule has 0 aliphatic carbocycles. The number of nitrogens with one attached hydrogen (secondary N) is 1. The monoisotopic (exact) mass is 376 g/mol. The molecule has 25 heavy (non-hydrogen) atoms. The van der Waals surface area contributed by atoms with Crippen LogP contribution in [0.2, 0.25) is 0 Å². The standard InChI is InChI=1S/C15H12N4O4S2/c16-11-7-3-1-5-9(11)14-18-19-15(24-14)17-13(20)10-6-2-4-8-12(10)25(21,22)23/h1-8H,16H2,(H,17,19,20)(H,21,22,23). The molecular weight excluding hydrogens is 364 g/mol. The number of benzene rings is 2. The van der Waals surface area contributed by atoms with E-state index in [1.807, 2.05) is 0 Å². The fourth-order valence-corrected chi connectivity index (χ4v) is 3.59. The summed E-state index contributed by atoms with van der Waals surface area (Å²) in [6.45, 7) is 0. The zero-order chi connectivity index (χ0) is 18.0. The van der Waals surface area contributed by atoms with Crippen molar-refractivity contribution in [3.8, 4) is 10.6 Å². The highest BCUT2D eigenvalue weighted by atomic mass is 32.2. The van der Waals surface area contributed by atoms with Crippen LogP contribution in [0, 0.1) is 0 Å². The number of aromatic nitrogens is 2. The quantitative estimate of drug-likeness (QED) is 0.469. The molecule has 0 unspecified atom stereocenters. The van der Waals surface area contributed by atoms with Crippen LogP contribution in [0.5, 0.6) is 0 Å². The number of anilines is 2. The Morgan fingerprint density at radius 3 is 2.48 bits per heavy atom. The van der Waals surface area contributed by atoms with Crippen molar-refractivity contribution in [1.29, 1.82) is 0 Å². The molecule has 10 heteroatoms. The summed E-state index contributed by atoms with van der Waals surface area (Å²) in [5, 5.41) is 11.0. The lowest BCUT2D eigenvalue weighted by Gasteiger charge is -2.05. The molecule has 0 bridgehead atoms. The van der Waals surface area contributed by atoms with Gasteiger partial charge in [0, 0.05) is 11.3 Å². The summed E-state index contributed by atoms with van der Waals surface area (Å²) in [6.07, 6.45) is 0. The highest BCUT2D eigenvalue weighted by molar-refractivity contribution is 7.86. The third-order valence-corrected chi connectivity index (χ3v) is 5.03. The molecule has 4 N–H and O–H groups in total. The second-order valence-electron chi connectivity index (χ2n) is 4.92. The largest absolute Gasteiger partial charge is 0.398 e. The predicted octanol–water partition coefficient (Wildman–Crippen LogP) is 2.29. The fraction of sp³-hybridized carbons (Fsp3) is 0. The van der Waals surface area contributed by atoms with Gasteiger partial charge in [0.15, 0.2) is 5.01 Å². The van der Waals surface area contributed by atoms with Gasteiger partial charge in [0.1, 0.15) is 4.90 Å². The molecule has 8 nitrogen and oxygen atoms in total. The fourth-order valence-electron chi connectivity index (χ4n) is 2.12. The Labute approximate surface area is 147 Å². The van der Waals surface area contributed by atoms with E-state index in [9.17, 15) is 17.8 Å². The van der Waals surface area contributed by atoms with Gasteiger partial charge in [0.05, 0.1) is 5.56 Å². The molecule has 2 aromatic carbocycles. The van der Waals surface area contributed by atoms with Crippen molar-refractivity contribution >= 4 is 38.2 Å². The van der Waals surface area contributed by atoms with E-state index in [4.69, 9.17) is 5.73 Å². The SMILES string of the molecule is Nc1ccccc1-c1nnc(NC(=O)c2ccccc2S(=O)(=O)O)s1. The number of nitrogens with two attached hydrogens (primary N) is 1. The molecule has 0 aliphatic rings. The van der Waals surface area contributed by atoms with E-state index < -0.39 is 20.9 Å². The number of carbonyl (C=O) groups excluding carboxylic acids is 1. The Morgan fingerprint density at radius 1 is 1.08 bits per heavy atom. The average Bonchev–Trinajstić information content (AvgIpc) is 3.02. The van der Waals surface area contributed by atoms with Crippen molar-refractivity contribution in [2.24, 2.45) is 0 Å². The normalized spacial score (nSPS) is 11.2. The predicted molar refractivity (Wildman–Crippen MR) is 94.0 cm³/mol. The lowest BCUT2D eigenvalue weighted by molar-refractivity contribution is 0.102. The molecule has 0 spiro atoms. The maximum absolute atomic E-state index is 12.3. The number of hydrogen-bond donors (Lipinski definition) is 3. The molecule has 3 aromatic rings. The molecule has 0 saturated heterocycles. The van der Waals surface area contributed by atoms with Crippen LogP contribution in [0.15, 0.2) is 53.4 Å². The number of nitrogen functional groups attached to an aromatic ring is 1. The zero-order valence-electron chi connectivity index (χ0n) is 12.6. The summed E-state index contributed by atoms with van der Waals surface area (Å²) in [4.78, 5) is 11.8. The van der Waals surface area contributed by atoms with E-state index in [0.29, 0.717) is 16.3 Å². The van der Waals surface area contributed by atoms with Gasteiger partial charge in [0.2, 0.25) is 5.13 Å². The van der Waals surface area contributed by atoms with Gasteiger partial charge in [-0.05, 0) is 24.3 Å². The third-order valence-electron chi connectivity index (χ3n) is 3.25. The molecule has 0 saturated carbocycles. The second-order valence-corrected chi connectivity index (χ2v) is 7.29. The lowest BCUT2D eigenvalue weighted by atomic mass is 10.2. The highest BCUT2D eigenvalue weighted by Crippen LogP contribution is 2.30. The third kappa shape index (κ3) is 3.65. The van der Waals surface area contributed by atoms with Crippen LogP contribution in [0.1, 0.15) is 10.4 Å². The molecule has 0 fully saturated rings. The molecule has 0 aliphatic heterocycles. The van der Waals surface area contributed by atoms with E-state index in [1.54, 1.807) is 24.3 Å². The summed E-state index contributed by atoms with van der Waals surface area (Å²) in [7, 11) is -4.52. The van der Waals surface area contributed by atoms with Crippen LogP contribution in [0.25, 0.3) is 10.6 Å². The first-order valence-electron chi connectivity index (χ1n) is 6.92. The number of amides is 1. The molecule has 0 radical (unpaired) electrons. The molecule has 0 atom stereocenters. The first-order chi connectivity index (χ1) is 11.9. The average molecular weight is 376 g/mol. The minimum atomic E-state index is -4.52. The zero-order valence-corrected chi connectivity index (χ0v) is 14.2. The summed E-state index contributed by atoms with van der Waals surface area (Å²) in [5.41, 5.74) is 6.89. The van der Waals surface area contributed by atoms with E-state index in [1.165, 1.54) is 18.2 Å². The van der Waals surface area contributed by atoms with Crippen molar-refractivity contribution in [3.05, 3.63) is 54.1 Å². The number of rotatable bonds is 4. The van der Waals surface area contributed by atoms with Gasteiger partial charge in [-0.15, -0.1) is 10.2 Å². The van der Waals surface area contributed by atoms with Crippen molar-refractivity contribution in [3.63, 3.8) is 0 Å². The number of para-hydroxylation sites is 1. The Hall–Kier alpha value is -2.82. The van der Waals surface area contributed by atoms with Gasteiger partial charge in [-0.1, -0.05) is 35.6 Å². The Morgan fingerprint density at radius 2 is 1.76 bits per heavy atom. The van der Waals surface area contributed by atoms with E-state index in [2.05, 4.69) is 15.5 Å². The summed E-state index contributed by atoms with van der Waals surface area (Å²) < 4.78 is 32.0. The van der Waals surface area contributed by atoms with Crippen LogP contribution in [0.3, 0.4) is 0 Å². The van der Waals surface area contributed by atoms with E-state index in [0.717, 1.165) is 17.4 Å². The minimum Gasteiger partial charge on any atom is -0.398 e. The first kappa shape index (κ1) is 17.0. The maximum atomic E-state index is 12.3. The Kier molecular flexibility index (Phi) is 4.49. The molecule has 1 heterocycles. The second kappa shape index (κ2) is 6.59. The van der Waals surface area contributed by atoms with Crippen molar-refractivity contribution in [1.82, 2.24) is 10.2 Å². The highest BCUT2D eigenvalue weighted by Gasteiger charge is 2.21. The van der Waals surface area contributed by atoms with Crippen LogP contribution in [0.4, 0.5) is 10.8 Å². The summed E-state index contributed by atoms with van der Waals surface area (Å²) in [5.74, 6) is -0.725. The van der Waals surface area contributed by atoms with Crippen molar-refractivity contribution < 1.29 is 17.8 Å². The van der Waals surface area contributed by atoms with Gasteiger partial charge in [-0.25, -0.2) is 0 Å². The van der Waals surface area contributed by atoms with E-state index >= 15 is 0 Å². The molecule has 1 amide bonds. The topological polar surface area (TPSA) is 135 Å². The smallest absolute Gasteiger partial charge is 0.295 e. The Balaban J connectivity index is 1.88. The van der Waals surface area contributed by atoms with Crippen molar-refractivity contribution in [2.75, 3.05) is 11.1 Å².